The quantitative estimate of drug-likeness (QED) is 0.522. The number of aromatic nitrogens is 2. The van der Waals surface area contributed by atoms with E-state index in [0.717, 1.165) is 25.6 Å². The summed E-state index contributed by atoms with van der Waals surface area (Å²) >= 11 is 10.9. The minimum absolute atomic E-state index is 0.118. The van der Waals surface area contributed by atoms with E-state index in [1.165, 1.54) is 0 Å². The molecule has 0 spiro atoms. The summed E-state index contributed by atoms with van der Waals surface area (Å²) in [5.41, 5.74) is 1.68. The molecule has 1 aromatic heterocycles. The van der Waals surface area contributed by atoms with Crippen LogP contribution in [0.5, 0.6) is 0 Å². The van der Waals surface area contributed by atoms with Crippen molar-refractivity contribution in [3.8, 4) is 0 Å². The zero-order valence-electron chi connectivity index (χ0n) is 14.2. The minimum atomic E-state index is -0.421. The molecule has 0 aliphatic heterocycles. The highest BCUT2D eigenvalue weighted by Crippen LogP contribution is 2.34. The average Bonchev–Trinajstić information content (AvgIpc) is 2.97. The third-order valence-electron chi connectivity index (χ3n) is 3.92. The third-order valence-corrected chi connectivity index (χ3v) is 6.03. The van der Waals surface area contributed by atoms with Crippen molar-refractivity contribution in [1.29, 1.82) is 0 Å². The Bertz CT molecular complexity index is 927. The van der Waals surface area contributed by atoms with E-state index in [1.807, 2.05) is 62.4 Å². The molecule has 3 rings (SSSR count). The van der Waals surface area contributed by atoms with Gasteiger partial charge in [0.25, 0.3) is 0 Å². The summed E-state index contributed by atoms with van der Waals surface area (Å²) in [5, 5.41) is 7.98. The number of carbonyl (C=O) groups excluding carboxylic acids is 1. The summed E-state index contributed by atoms with van der Waals surface area (Å²) in [5.74, 6) is -0.118. The second-order valence-electron chi connectivity index (χ2n) is 5.74. The Morgan fingerprint density at radius 1 is 1.23 bits per heavy atom. The van der Waals surface area contributed by atoms with Crippen molar-refractivity contribution in [3.05, 3.63) is 69.9 Å². The zero-order valence-corrected chi connectivity index (χ0v) is 17.4. The molecular weight excluding hydrogens is 434 g/mol. The standard InChI is InChI=1S/C19H17BrClN3OS/c1-12-16(20)11-22-24(12)13(2)19(25)23-17-5-3-4-6-18(17)26-15-9-7-14(21)8-10-15/h3-11,13H,1-2H3,(H,23,25). The van der Waals surface area contributed by atoms with Crippen molar-refractivity contribution in [2.45, 2.75) is 29.7 Å². The number of hydrogen-bond acceptors (Lipinski definition) is 3. The summed E-state index contributed by atoms with van der Waals surface area (Å²) in [4.78, 5) is 14.7. The van der Waals surface area contributed by atoms with Gasteiger partial charge < -0.3 is 5.32 Å². The van der Waals surface area contributed by atoms with Gasteiger partial charge in [0.2, 0.25) is 5.91 Å². The lowest BCUT2D eigenvalue weighted by molar-refractivity contribution is -0.119. The monoisotopic (exact) mass is 449 g/mol. The van der Waals surface area contributed by atoms with Crippen LogP contribution in [0.4, 0.5) is 5.69 Å². The number of nitrogens with zero attached hydrogens (tertiary/aromatic N) is 2. The fourth-order valence-electron chi connectivity index (χ4n) is 2.43. The van der Waals surface area contributed by atoms with E-state index in [4.69, 9.17) is 11.6 Å². The highest BCUT2D eigenvalue weighted by molar-refractivity contribution is 9.10. The van der Waals surface area contributed by atoms with E-state index in [1.54, 1.807) is 22.6 Å². The van der Waals surface area contributed by atoms with Crippen LogP contribution in [-0.2, 0) is 4.79 Å². The van der Waals surface area contributed by atoms with E-state index in [9.17, 15) is 4.79 Å². The first-order valence-electron chi connectivity index (χ1n) is 7.98. The molecule has 4 nitrogen and oxygen atoms in total. The molecule has 1 unspecified atom stereocenters. The summed E-state index contributed by atoms with van der Waals surface area (Å²) in [6.45, 7) is 3.75. The fourth-order valence-corrected chi connectivity index (χ4v) is 3.73. The second-order valence-corrected chi connectivity index (χ2v) is 8.15. The number of amides is 1. The van der Waals surface area contributed by atoms with Crippen molar-refractivity contribution >= 4 is 50.9 Å². The van der Waals surface area contributed by atoms with Crippen LogP contribution in [0.15, 0.2) is 69.0 Å². The fraction of sp³-hybridized carbons (Fsp3) is 0.158. The van der Waals surface area contributed by atoms with Gasteiger partial charge in [-0.05, 0) is 66.2 Å². The maximum absolute atomic E-state index is 12.7. The average molecular weight is 451 g/mol. The molecule has 1 amide bonds. The Hall–Kier alpha value is -1.76. The highest BCUT2D eigenvalue weighted by Gasteiger charge is 2.19. The molecule has 7 heteroatoms. The van der Waals surface area contributed by atoms with Crippen LogP contribution in [0.2, 0.25) is 5.02 Å². The summed E-state index contributed by atoms with van der Waals surface area (Å²) in [6.07, 6.45) is 1.70. The third kappa shape index (κ3) is 4.31. The topological polar surface area (TPSA) is 46.9 Å². The Balaban J connectivity index is 1.78. The molecular formula is C19H17BrClN3OS. The number of nitrogens with one attached hydrogen (secondary N) is 1. The molecule has 3 aromatic rings. The highest BCUT2D eigenvalue weighted by atomic mass is 79.9. The molecule has 1 N–H and O–H groups in total. The first-order chi connectivity index (χ1) is 12.5. The largest absolute Gasteiger partial charge is 0.323 e. The molecule has 0 saturated heterocycles. The molecule has 0 saturated carbocycles. The Morgan fingerprint density at radius 2 is 1.92 bits per heavy atom. The van der Waals surface area contributed by atoms with Gasteiger partial charge in [0.05, 0.1) is 22.1 Å². The summed E-state index contributed by atoms with van der Waals surface area (Å²) in [7, 11) is 0. The van der Waals surface area contributed by atoms with Crippen LogP contribution in [0.1, 0.15) is 18.7 Å². The van der Waals surface area contributed by atoms with Crippen molar-refractivity contribution in [1.82, 2.24) is 9.78 Å². The van der Waals surface area contributed by atoms with E-state index >= 15 is 0 Å². The van der Waals surface area contributed by atoms with Crippen LogP contribution in [0.25, 0.3) is 0 Å². The molecule has 26 heavy (non-hydrogen) atoms. The number of para-hydroxylation sites is 1. The smallest absolute Gasteiger partial charge is 0.248 e. The number of rotatable bonds is 5. The summed E-state index contributed by atoms with van der Waals surface area (Å²) < 4.78 is 2.59. The second kappa shape index (κ2) is 8.29. The number of carbonyl (C=O) groups is 1. The van der Waals surface area contributed by atoms with Gasteiger partial charge in [-0.15, -0.1) is 0 Å². The first kappa shape index (κ1) is 19.0. The van der Waals surface area contributed by atoms with Crippen LogP contribution in [0.3, 0.4) is 0 Å². The van der Waals surface area contributed by atoms with Crippen LogP contribution >= 0.6 is 39.3 Å². The van der Waals surface area contributed by atoms with Gasteiger partial charge >= 0.3 is 0 Å². The molecule has 1 atom stereocenters. The molecule has 0 aliphatic rings. The molecule has 0 fully saturated rings. The van der Waals surface area contributed by atoms with E-state index in [2.05, 4.69) is 26.3 Å². The van der Waals surface area contributed by atoms with Gasteiger partial charge in [0.1, 0.15) is 6.04 Å². The molecule has 1 heterocycles. The van der Waals surface area contributed by atoms with Crippen LogP contribution < -0.4 is 5.32 Å². The number of halogens is 2. The van der Waals surface area contributed by atoms with Gasteiger partial charge in [-0.1, -0.05) is 35.5 Å². The molecule has 0 bridgehead atoms. The van der Waals surface area contributed by atoms with Crippen LogP contribution in [0, 0.1) is 6.92 Å². The zero-order chi connectivity index (χ0) is 18.7. The summed E-state index contributed by atoms with van der Waals surface area (Å²) in [6, 6.07) is 14.9. The number of anilines is 1. The van der Waals surface area contributed by atoms with Crippen molar-refractivity contribution in [2.24, 2.45) is 0 Å². The lowest BCUT2D eigenvalue weighted by atomic mass is 10.2. The predicted molar refractivity (Wildman–Crippen MR) is 110 cm³/mol. The van der Waals surface area contributed by atoms with Gasteiger partial charge in [-0.25, -0.2) is 0 Å². The van der Waals surface area contributed by atoms with E-state index in [0.29, 0.717) is 5.02 Å². The number of benzene rings is 2. The normalized spacial score (nSPS) is 12.0. The van der Waals surface area contributed by atoms with Gasteiger partial charge in [-0.2, -0.15) is 5.10 Å². The van der Waals surface area contributed by atoms with E-state index < -0.39 is 6.04 Å². The Kier molecular flexibility index (Phi) is 6.06. The number of hydrogen-bond donors (Lipinski definition) is 1. The Labute approximate surface area is 170 Å². The molecule has 2 aromatic carbocycles. The van der Waals surface area contributed by atoms with Crippen molar-refractivity contribution < 1.29 is 4.79 Å². The Morgan fingerprint density at radius 3 is 2.58 bits per heavy atom. The first-order valence-corrected chi connectivity index (χ1v) is 9.97. The van der Waals surface area contributed by atoms with Crippen molar-refractivity contribution in [2.75, 3.05) is 5.32 Å². The van der Waals surface area contributed by atoms with E-state index in [-0.39, 0.29) is 5.91 Å². The SMILES string of the molecule is Cc1c(Br)cnn1C(C)C(=O)Nc1ccccc1Sc1ccc(Cl)cc1. The van der Waals surface area contributed by atoms with Gasteiger partial charge in [0, 0.05) is 14.8 Å². The lowest BCUT2D eigenvalue weighted by Gasteiger charge is -2.16. The van der Waals surface area contributed by atoms with Crippen LogP contribution in [-0.4, -0.2) is 15.7 Å². The van der Waals surface area contributed by atoms with Gasteiger partial charge in [-0.3, -0.25) is 9.48 Å². The molecule has 134 valence electrons. The predicted octanol–water partition coefficient (Wildman–Crippen LogP) is 5.96. The maximum atomic E-state index is 12.7. The van der Waals surface area contributed by atoms with Crippen molar-refractivity contribution in [3.63, 3.8) is 0 Å². The molecule has 0 aliphatic carbocycles. The maximum Gasteiger partial charge on any atom is 0.248 e. The van der Waals surface area contributed by atoms with Gasteiger partial charge in [0.15, 0.2) is 0 Å². The molecule has 0 radical (unpaired) electrons. The minimum Gasteiger partial charge on any atom is -0.323 e. The lowest BCUT2D eigenvalue weighted by Crippen LogP contribution is -2.25.